The van der Waals surface area contributed by atoms with Crippen molar-refractivity contribution in [3.05, 3.63) is 58.3 Å². The van der Waals surface area contributed by atoms with Crippen molar-refractivity contribution in [3.63, 3.8) is 0 Å². The van der Waals surface area contributed by atoms with Crippen LogP contribution in [0, 0.1) is 5.92 Å². The Hall–Kier alpha value is -2.14. The predicted molar refractivity (Wildman–Crippen MR) is 114 cm³/mol. The molecule has 1 saturated carbocycles. The molecule has 1 aromatic carbocycles. The van der Waals surface area contributed by atoms with E-state index >= 15 is 0 Å². The third-order valence-electron chi connectivity index (χ3n) is 5.09. The number of benzene rings is 1. The maximum atomic E-state index is 13.2. The molecule has 28 heavy (non-hydrogen) atoms. The number of thiophene rings is 1. The van der Waals surface area contributed by atoms with Gasteiger partial charge in [-0.15, -0.1) is 11.3 Å². The lowest BCUT2D eigenvalue weighted by Crippen LogP contribution is -2.43. The van der Waals surface area contributed by atoms with Gasteiger partial charge >= 0.3 is 0 Å². The minimum absolute atomic E-state index is 0.0303. The van der Waals surface area contributed by atoms with E-state index in [4.69, 9.17) is 0 Å². The van der Waals surface area contributed by atoms with E-state index in [0.29, 0.717) is 25.4 Å². The summed E-state index contributed by atoms with van der Waals surface area (Å²) in [5.74, 6) is 0.735. The average Bonchev–Trinajstić information content (AvgIpc) is 3.38. The van der Waals surface area contributed by atoms with Crippen molar-refractivity contribution in [2.75, 3.05) is 13.1 Å². The van der Waals surface area contributed by atoms with Crippen LogP contribution in [0.15, 0.2) is 47.8 Å². The first-order chi connectivity index (χ1) is 13.7. The second-order valence-electron chi connectivity index (χ2n) is 7.64. The summed E-state index contributed by atoms with van der Waals surface area (Å²) in [6.07, 6.45) is 4.77. The molecule has 0 saturated heterocycles. The minimum atomic E-state index is 0.0303. The Kier molecular flexibility index (Phi) is 7.66. The smallest absolute Gasteiger partial charge is 0.242 e. The number of carbonyl (C=O) groups is 2. The number of hydrogen-bond acceptors (Lipinski definition) is 3. The second kappa shape index (κ2) is 10.4. The van der Waals surface area contributed by atoms with E-state index in [1.54, 1.807) is 11.3 Å². The molecule has 3 rings (SSSR count). The highest BCUT2D eigenvalue weighted by Crippen LogP contribution is 2.30. The van der Waals surface area contributed by atoms with Crippen LogP contribution in [0.25, 0.3) is 0 Å². The number of nitrogens with zero attached hydrogens (tertiary/aromatic N) is 2. The van der Waals surface area contributed by atoms with Gasteiger partial charge in [-0.3, -0.25) is 9.59 Å². The van der Waals surface area contributed by atoms with Crippen LogP contribution in [-0.4, -0.2) is 34.7 Å². The van der Waals surface area contributed by atoms with Crippen LogP contribution in [0.5, 0.6) is 0 Å². The first-order valence-corrected chi connectivity index (χ1v) is 11.2. The van der Waals surface area contributed by atoms with Gasteiger partial charge in [-0.1, -0.05) is 49.7 Å². The molecule has 0 unspecified atom stereocenters. The Balaban J connectivity index is 1.69. The van der Waals surface area contributed by atoms with Gasteiger partial charge in [0, 0.05) is 24.4 Å². The van der Waals surface area contributed by atoms with E-state index in [1.807, 2.05) is 51.6 Å². The van der Waals surface area contributed by atoms with Crippen molar-refractivity contribution < 1.29 is 9.59 Å². The van der Waals surface area contributed by atoms with Gasteiger partial charge < -0.3 is 9.80 Å². The van der Waals surface area contributed by atoms with Crippen LogP contribution in [0.3, 0.4) is 0 Å². The fourth-order valence-corrected chi connectivity index (χ4v) is 3.96. The summed E-state index contributed by atoms with van der Waals surface area (Å²) in [7, 11) is 0. The summed E-state index contributed by atoms with van der Waals surface area (Å²) >= 11 is 1.66. The third-order valence-corrected chi connectivity index (χ3v) is 5.96. The number of carbonyl (C=O) groups excluding carboxylic acids is 2. The van der Waals surface area contributed by atoms with E-state index in [1.165, 1.54) is 12.8 Å². The molecule has 0 aliphatic heterocycles. The van der Waals surface area contributed by atoms with Crippen molar-refractivity contribution in [2.24, 2.45) is 5.92 Å². The maximum Gasteiger partial charge on any atom is 0.242 e. The van der Waals surface area contributed by atoms with Gasteiger partial charge in [0.1, 0.15) is 0 Å². The molecule has 2 amide bonds. The summed E-state index contributed by atoms with van der Waals surface area (Å²) in [4.78, 5) is 30.7. The Labute approximate surface area is 172 Å². The fraction of sp³-hybridized carbons (Fsp3) is 0.478. The molecule has 150 valence electrons. The average molecular weight is 399 g/mol. The summed E-state index contributed by atoms with van der Waals surface area (Å²) < 4.78 is 0. The third kappa shape index (κ3) is 6.48. The molecule has 1 fully saturated rings. The first-order valence-electron chi connectivity index (χ1n) is 10.3. The van der Waals surface area contributed by atoms with Crippen molar-refractivity contribution >= 4 is 23.2 Å². The van der Waals surface area contributed by atoms with Crippen LogP contribution in [0.1, 0.15) is 49.5 Å². The van der Waals surface area contributed by atoms with Crippen LogP contribution in [0.2, 0.25) is 0 Å². The molecule has 0 bridgehead atoms. The SMILES string of the molecule is CCCCC(=O)N(CC(=O)N(Cc1ccccc1)Cc1cccs1)CC1CC1. The molecule has 5 heteroatoms. The molecule has 1 heterocycles. The quantitative estimate of drug-likeness (QED) is 0.550. The van der Waals surface area contributed by atoms with Crippen molar-refractivity contribution in [3.8, 4) is 0 Å². The van der Waals surface area contributed by atoms with Gasteiger partial charge in [0.05, 0.1) is 13.1 Å². The minimum Gasteiger partial charge on any atom is -0.333 e. The lowest BCUT2D eigenvalue weighted by Gasteiger charge is -2.28. The van der Waals surface area contributed by atoms with Crippen molar-refractivity contribution in [1.29, 1.82) is 0 Å². The standard InChI is InChI=1S/C23H30N2O2S/c1-2-3-11-22(26)25(16-20-12-13-20)18-23(27)24(17-21-10-7-14-28-21)15-19-8-5-4-6-9-19/h4-10,14,20H,2-3,11-13,15-18H2,1H3. The lowest BCUT2D eigenvalue weighted by atomic mass is 10.2. The van der Waals surface area contributed by atoms with Gasteiger partial charge in [0.2, 0.25) is 11.8 Å². The summed E-state index contributed by atoms with van der Waals surface area (Å²) in [6, 6.07) is 14.1. The highest BCUT2D eigenvalue weighted by Gasteiger charge is 2.29. The Morgan fingerprint density at radius 2 is 1.79 bits per heavy atom. The van der Waals surface area contributed by atoms with Gasteiger partial charge in [0.25, 0.3) is 0 Å². The largest absolute Gasteiger partial charge is 0.333 e. The Morgan fingerprint density at radius 1 is 1.00 bits per heavy atom. The zero-order chi connectivity index (χ0) is 19.8. The topological polar surface area (TPSA) is 40.6 Å². The molecule has 0 radical (unpaired) electrons. The number of rotatable bonds is 11. The zero-order valence-electron chi connectivity index (χ0n) is 16.7. The number of unbranched alkanes of at least 4 members (excludes halogenated alkanes) is 1. The molecule has 1 aliphatic rings. The normalized spacial score (nSPS) is 13.3. The summed E-state index contributed by atoms with van der Waals surface area (Å²) in [6.45, 7) is 4.17. The van der Waals surface area contributed by atoms with E-state index in [9.17, 15) is 9.59 Å². The zero-order valence-corrected chi connectivity index (χ0v) is 17.5. The maximum absolute atomic E-state index is 13.2. The monoisotopic (exact) mass is 398 g/mol. The highest BCUT2D eigenvalue weighted by atomic mass is 32.1. The van der Waals surface area contributed by atoms with Gasteiger partial charge in [-0.25, -0.2) is 0 Å². The van der Waals surface area contributed by atoms with Crippen LogP contribution >= 0.6 is 11.3 Å². The van der Waals surface area contributed by atoms with Gasteiger partial charge in [-0.2, -0.15) is 0 Å². The van der Waals surface area contributed by atoms with E-state index in [-0.39, 0.29) is 18.4 Å². The molecule has 0 N–H and O–H groups in total. The molecule has 0 atom stereocenters. The fourth-order valence-electron chi connectivity index (χ4n) is 3.24. The van der Waals surface area contributed by atoms with Gasteiger partial charge in [-0.05, 0) is 42.2 Å². The highest BCUT2D eigenvalue weighted by molar-refractivity contribution is 7.09. The molecule has 4 nitrogen and oxygen atoms in total. The van der Waals surface area contributed by atoms with Crippen molar-refractivity contribution in [1.82, 2.24) is 9.80 Å². The molecule has 2 aromatic rings. The van der Waals surface area contributed by atoms with E-state index in [2.05, 4.69) is 13.0 Å². The first kappa shape index (κ1) is 20.6. The number of hydrogen-bond donors (Lipinski definition) is 0. The molecule has 0 spiro atoms. The molecular formula is C23H30N2O2S. The molecule has 1 aromatic heterocycles. The Morgan fingerprint density at radius 3 is 2.43 bits per heavy atom. The molecular weight excluding hydrogens is 368 g/mol. The van der Waals surface area contributed by atoms with E-state index in [0.717, 1.165) is 29.8 Å². The Bertz CT molecular complexity index is 741. The van der Waals surface area contributed by atoms with E-state index < -0.39 is 0 Å². The predicted octanol–water partition coefficient (Wildman–Crippen LogP) is 4.71. The summed E-state index contributed by atoms with van der Waals surface area (Å²) in [5, 5.41) is 2.04. The van der Waals surface area contributed by atoms with Crippen molar-refractivity contribution in [2.45, 2.75) is 52.1 Å². The van der Waals surface area contributed by atoms with Crippen LogP contribution in [-0.2, 0) is 22.7 Å². The summed E-state index contributed by atoms with van der Waals surface area (Å²) in [5.41, 5.74) is 1.11. The van der Waals surface area contributed by atoms with Gasteiger partial charge in [0.15, 0.2) is 0 Å². The van der Waals surface area contributed by atoms with Crippen LogP contribution in [0.4, 0.5) is 0 Å². The van der Waals surface area contributed by atoms with Crippen LogP contribution < -0.4 is 0 Å². The number of amides is 2. The lowest BCUT2D eigenvalue weighted by molar-refractivity contribution is -0.141. The second-order valence-corrected chi connectivity index (χ2v) is 8.67. The molecule has 1 aliphatic carbocycles.